The third-order valence-electron chi connectivity index (χ3n) is 4.47. The van der Waals surface area contributed by atoms with E-state index in [1.54, 1.807) is 19.1 Å². The lowest BCUT2D eigenvalue weighted by Crippen LogP contribution is -2.57. The molecule has 162 valence electrons. The van der Waals surface area contributed by atoms with Crippen molar-refractivity contribution in [3.63, 3.8) is 0 Å². The van der Waals surface area contributed by atoms with E-state index in [1.165, 1.54) is 24.2 Å². The van der Waals surface area contributed by atoms with Crippen molar-refractivity contribution in [2.45, 2.75) is 44.7 Å². The zero-order valence-electron chi connectivity index (χ0n) is 17.3. The van der Waals surface area contributed by atoms with Gasteiger partial charge in [-0.15, -0.1) is 0 Å². The molecule has 0 saturated carbocycles. The van der Waals surface area contributed by atoms with Crippen LogP contribution in [0.2, 0.25) is 0 Å². The lowest BCUT2D eigenvalue weighted by atomic mass is 10.1. The van der Waals surface area contributed by atoms with Crippen molar-refractivity contribution in [2.75, 3.05) is 7.05 Å². The largest absolute Gasteiger partial charge is 0.333 e. The molecule has 0 aliphatic carbocycles. The van der Waals surface area contributed by atoms with Gasteiger partial charge < -0.3 is 5.32 Å². The summed E-state index contributed by atoms with van der Waals surface area (Å²) in [5.74, 6) is 0.174. The van der Waals surface area contributed by atoms with Gasteiger partial charge in [0, 0.05) is 12.2 Å². The van der Waals surface area contributed by atoms with Crippen LogP contribution in [0.15, 0.2) is 56.7 Å². The van der Waals surface area contributed by atoms with E-state index in [4.69, 9.17) is 11.6 Å². The van der Waals surface area contributed by atoms with E-state index >= 15 is 0 Å². The number of rotatable bonds is 7. The van der Waals surface area contributed by atoms with Gasteiger partial charge in [0.1, 0.15) is 10.1 Å². The van der Waals surface area contributed by atoms with E-state index in [2.05, 4.69) is 31.6 Å². The molecule has 1 saturated heterocycles. The van der Waals surface area contributed by atoms with E-state index in [0.29, 0.717) is 23.6 Å². The molecular weight excluding hydrogens is 428 g/mol. The Hall–Kier alpha value is -2.56. The van der Waals surface area contributed by atoms with Gasteiger partial charge in [-0.05, 0) is 39.4 Å². The van der Waals surface area contributed by atoms with Crippen LogP contribution < -0.4 is 10.0 Å². The summed E-state index contributed by atoms with van der Waals surface area (Å²) in [6, 6.07) is 2.85. The third kappa shape index (κ3) is 5.32. The summed E-state index contributed by atoms with van der Waals surface area (Å²) in [5.41, 5.74) is 1.09. The standard InChI is InChI=1S/C19H25ClN6O3S/c1-6-12(3)26-18(24-13(4)20)16(7-2)25-17(19(26)27)23-10-14-8-9-15(11-22-14)30(28,29)21-5/h7-9,11-12,21H,4,6,10H2,1-3,5H3,(H,23,25)/b16-7+,24-18+/t12-/m1/s1. The summed E-state index contributed by atoms with van der Waals surface area (Å²) in [6.07, 6.45) is 3.72. The first kappa shape index (κ1) is 23.7. The molecule has 30 heavy (non-hydrogen) atoms. The Bertz CT molecular complexity index is 1020. The molecular formula is C19H25ClN6O3S. The van der Waals surface area contributed by atoms with E-state index in [0.717, 1.165) is 0 Å². The molecule has 0 spiro atoms. The monoisotopic (exact) mass is 452 g/mol. The predicted molar refractivity (Wildman–Crippen MR) is 118 cm³/mol. The number of halogens is 1. The van der Waals surface area contributed by atoms with Crippen LogP contribution in [0.5, 0.6) is 0 Å². The minimum Gasteiger partial charge on any atom is -0.333 e. The van der Waals surface area contributed by atoms with E-state index in [1.807, 2.05) is 13.8 Å². The molecule has 0 radical (unpaired) electrons. The summed E-state index contributed by atoms with van der Waals surface area (Å²) < 4.78 is 25.8. The number of piperazine rings is 1. The van der Waals surface area contributed by atoms with E-state index in [9.17, 15) is 13.2 Å². The highest BCUT2D eigenvalue weighted by Gasteiger charge is 2.35. The molecule has 0 bridgehead atoms. The summed E-state index contributed by atoms with van der Waals surface area (Å²) in [6.45, 7) is 9.35. The number of carbonyl (C=O) groups excluding carboxylic acids is 1. The van der Waals surface area contributed by atoms with Crippen LogP contribution in [-0.4, -0.2) is 49.0 Å². The topological polar surface area (TPSA) is 116 Å². The number of nitrogens with one attached hydrogen (secondary N) is 2. The molecule has 1 amide bonds. The van der Waals surface area contributed by atoms with Gasteiger partial charge in [-0.25, -0.2) is 18.1 Å². The highest BCUT2D eigenvalue weighted by molar-refractivity contribution is 7.89. The molecule has 0 aromatic carbocycles. The molecule has 9 nitrogen and oxygen atoms in total. The number of aromatic nitrogens is 1. The minimum absolute atomic E-state index is 0.0505. The van der Waals surface area contributed by atoms with Gasteiger partial charge in [-0.2, -0.15) is 0 Å². The average molecular weight is 453 g/mol. The molecule has 1 aromatic heterocycles. The molecule has 1 aromatic rings. The second kappa shape index (κ2) is 9.96. The second-order valence-corrected chi connectivity index (χ2v) is 8.75. The fourth-order valence-corrected chi connectivity index (χ4v) is 3.40. The number of hydrogen-bond acceptors (Lipinski definition) is 6. The van der Waals surface area contributed by atoms with Crippen molar-refractivity contribution in [3.05, 3.63) is 47.5 Å². The number of amidine groups is 2. The minimum atomic E-state index is -3.57. The normalized spacial score (nSPS) is 20.0. The van der Waals surface area contributed by atoms with Gasteiger partial charge in [-0.3, -0.25) is 19.7 Å². The fraction of sp³-hybridized carbons (Fsp3) is 0.368. The van der Waals surface area contributed by atoms with Crippen molar-refractivity contribution in [2.24, 2.45) is 9.98 Å². The zero-order chi connectivity index (χ0) is 22.5. The summed E-state index contributed by atoms with van der Waals surface area (Å²) in [4.78, 5) is 27.4. The van der Waals surface area contributed by atoms with Gasteiger partial charge >= 0.3 is 0 Å². The lowest BCUT2D eigenvalue weighted by molar-refractivity contribution is -0.122. The summed E-state index contributed by atoms with van der Waals surface area (Å²) in [7, 11) is -2.24. The van der Waals surface area contributed by atoms with Crippen LogP contribution in [0, 0.1) is 0 Å². The van der Waals surface area contributed by atoms with Gasteiger partial charge in [0.15, 0.2) is 11.7 Å². The third-order valence-corrected chi connectivity index (χ3v) is 5.95. The number of amides is 1. The average Bonchev–Trinajstić information content (AvgIpc) is 2.72. The van der Waals surface area contributed by atoms with Crippen molar-refractivity contribution in [1.82, 2.24) is 19.9 Å². The Kier molecular flexibility index (Phi) is 7.88. The Labute approximate surface area is 181 Å². The summed E-state index contributed by atoms with van der Waals surface area (Å²) in [5, 5.41) is 3.05. The van der Waals surface area contributed by atoms with Gasteiger partial charge in [0.05, 0.1) is 17.9 Å². The van der Waals surface area contributed by atoms with Gasteiger partial charge in [-0.1, -0.05) is 31.2 Å². The van der Waals surface area contributed by atoms with Crippen molar-refractivity contribution in [3.8, 4) is 0 Å². The predicted octanol–water partition coefficient (Wildman–Crippen LogP) is 2.13. The smallest absolute Gasteiger partial charge is 0.295 e. The molecule has 2 rings (SSSR count). The SMILES string of the molecule is C=C(Cl)/N=C1\C(=C/C)NC(=NCc2ccc(S(=O)(=O)NC)cn2)C(=O)N1[C@H](C)CC. The number of nitrogens with zero attached hydrogens (tertiary/aromatic N) is 4. The van der Waals surface area contributed by atoms with Crippen LogP contribution in [-0.2, 0) is 21.4 Å². The molecule has 11 heteroatoms. The summed E-state index contributed by atoms with van der Waals surface area (Å²) >= 11 is 5.87. The highest BCUT2D eigenvalue weighted by atomic mass is 35.5. The molecule has 2 N–H and O–H groups in total. The van der Waals surface area contributed by atoms with Crippen LogP contribution in [0.3, 0.4) is 0 Å². The van der Waals surface area contributed by atoms with Crippen LogP contribution in [0.1, 0.15) is 32.9 Å². The first-order valence-electron chi connectivity index (χ1n) is 9.27. The quantitative estimate of drug-likeness (QED) is 0.615. The van der Waals surface area contributed by atoms with Crippen molar-refractivity contribution >= 4 is 39.2 Å². The molecule has 1 fully saturated rings. The van der Waals surface area contributed by atoms with Crippen molar-refractivity contribution in [1.29, 1.82) is 0 Å². The molecule has 0 unspecified atom stereocenters. The lowest BCUT2D eigenvalue weighted by Gasteiger charge is -2.35. The number of allylic oxidation sites excluding steroid dienone is 1. The molecule has 1 atom stereocenters. The molecule has 2 heterocycles. The maximum atomic E-state index is 13.1. The van der Waals surface area contributed by atoms with Crippen molar-refractivity contribution < 1.29 is 13.2 Å². The van der Waals surface area contributed by atoms with Gasteiger partial charge in [0.2, 0.25) is 10.0 Å². The first-order chi connectivity index (χ1) is 14.1. The number of sulfonamides is 1. The Morgan fingerprint density at radius 3 is 2.67 bits per heavy atom. The fourth-order valence-electron chi connectivity index (χ4n) is 2.65. The Balaban J connectivity index is 2.34. The van der Waals surface area contributed by atoms with Crippen LogP contribution >= 0.6 is 11.6 Å². The second-order valence-electron chi connectivity index (χ2n) is 6.43. The zero-order valence-corrected chi connectivity index (χ0v) is 18.9. The Morgan fingerprint density at radius 2 is 2.17 bits per heavy atom. The van der Waals surface area contributed by atoms with E-state index < -0.39 is 10.0 Å². The number of carbonyl (C=O) groups is 1. The molecule has 1 aliphatic rings. The number of pyridine rings is 1. The number of hydrogen-bond donors (Lipinski definition) is 2. The maximum Gasteiger partial charge on any atom is 0.295 e. The van der Waals surface area contributed by atoms with Gasteiger partial charge in [0.25, 0.3) is 5.91 Å². The first-order valence-corrected chi connectivity index (χ1v) is 11.1. The maximum absolute atomic E-state index is 13.1. The van der Waals surface area contributed by atoms with Crippen LogP contribution in [0.25, 0.3) is 0 Å². The van der Waals surface area contributed by atoms with Crippen LogP contribution in [0.4, 0.5) is 0 Å². The number of aliphatic imine (C=N–C) groups is 2. The van der Waals surface area contributed by atoms with E-state index in [-0.39, 0.29) is 34.4 Å². The highest BCUT2D eigenvalue weighted by Crippen LogP contribution is 2.18. The Morgan fingerprint density at radius 1 is 1.47 bits per heavy atom. The molecule has 1 aliphatic heterocycles.